The van der Waals surface area contributed by atoms with Crippen LogP contribution in [0, 0.1) is 0 Å². The Bertz CT molecular complexity index is 239. The first-order valence-electron chi connectivity index (χ1n) is 5.51. The van der Waals surface area contributed by atoms with E-state index >= 15 is 0 Å². The van der Waals surface area contributed by atoms with Gasteiger partial charge in [0.2, 0.25) is 11.8 Å². The van der Waals surface area contributed by atoms with E-state index in [1.165, 1.54) is 6.92 Å². The molecule has 1 saturated heterocycles. The highest BCUT2D eigenvalue weighted by Crippen LogP contribution is 1.96. The summed E-state index contributed by atoms with van der Waals surface area (Å²) >= 11 is 0. The quantitative estimate of drug-likeness (QED) is 0.567. The van der Waals surface area contributed by atoms with Crippen LogP contribution >= 0.6 is 0 Å². The molecule has 1 aliphatic heterocycles. The molecule has 0 aromatic rings. The van der Waals surface area contributed by atoms with E-state index in [2.05, 4.69) is 10.6 Å². The topological polar surface area (TPSA) is 70.7 Å². The highest BCUT2D eigenvalue weighted by Gasteiger charge is 2.15. The molecule has 0 unspecified atom stereocenters. The number of carbonyl (C=O) groups excluding carboxylic acids is 2. The maximum atomic E-state index is 11.6. The first kappa shape index (κ1) is 12.9. The Morgan fingerprint density at radius 1 is 1.25 bits per heavy atom. The summed E-state index contributed by atoms with van der Waals surface area (Å²) in [5.74, 6) is 0.0347. The van der Waals surface area contributed by atoms with Crippen molar-refractivity contribution >= 4 is 11.8 Å². The van der Waals surface area contributed by atoms with Gasteiger partial charge in [0.25, 0.3) is 0 Å². The predicted molar refractivity (Wildman–Crippen MR) is 59.0 cm³/mol. The highest BCUT2D eigenvalue weighted by atomic mass is 16.5. The SMILES string of the molecule is CC(=O)NCCNCC(=O)N1CCOCC1. The van der Waals surface area contributed by atoms with Crippen LogP contribution in [-0.4, -0.2) is 62.7 Å². The van der Waals surface area contributed by atoms with Gasteiger partial charge in [0.15, 0.2) is 0 Å². The number of amides is 2. The van der Waals surface area contributed by atoms with E-state index in [4.69, 9.17) is 4.74 Å². The molecular weight excluding hydrogens is 210 g/mol. The van der Waals surface area contributed by atoms with E-state index in [9.17, 15) is 9.59 Å². The van der Waals surface area contributed by atoms with Crippen LogP contribution in [0.1, 0.15) is 6.92 Å². The van der Waals surface area contributed by atoms with Crippen molar-refractivity contribution in [3.8, 4) is 0 Å². The zero-order valence-corrected chi connectivity index (χ0v) is 9.62. The van der Waals surface area contributed by atoms with E-state index in [0.717, 1.165) is 0 Å². The maximum absolute atomic E-state index is 11.6. The van der Waals surface area contributed by atoms with E-state index in [1.54, 1.807) is 4.90 Å². The summed E-state index contributed by atoms with van der Waals surface area (Å²) in [6.45, 7) is 5.54. The van der Waals surface area contributed by atoms with Crippen molar-refractivity contribution in [3.05, 3.63) is 0 Å². The van der Waals surface area contributed by atoms with Crippen LogP contribution in [0.15, 0.2) is 0 Å². The molecule has 16 heavy (non-hydrogen) atoms. The first-order valence-corrected chi connectivity index (χ1v) is 5.51. The number of hydrogen-bond acceptors (Lipinski definition) is 4. The lowest BCUT2D eigenvalue weighted by atomic mass is 10.4. The molecule has 0 aliphatic carbocycles. The summed E-state index contributed by atoms with van der Waals surface area (Å²) in [5.41, 5.74) is 0. The molecule has 2 N–H and O–H groups in total. The third-order valence-corrected chi connectivity index (χ3v) is 2.32. The molecular formula is C10H19N3O3. The van der Waals surface area contributed by atoms with Crippen LogP contribution in [-0.2, 0) is 14.3 Å². The molecule has 2 amide bonds. The Morgan fingerprint density at radius 2 is 1.94 bits per heavy atom. The van der Waals surface area contributed by atoms with Gasteiger partial charge in [0, 0.05) is 33.1 Å². The summed E-state index contributed by atoms with van der Waals surface area (Å²) < 4.78 is 5.16. The van der Waals surface area contributed by atoms with Gasteiger partial charge in [-0.25, -0.2) is 0 Å². The van der Waals surface area contributed by atoms with Gasteiger partial charge in [0.1, 0.15) is 0 Å². The Kier molecular flexibility index (Phi) is 5.81. The van der Waals surface area contributed by atoms with Crippen LogP contribution in [0.3, 0.4) is 0 Å². The zero-order valence-electron chi connectivity index (χ0n) is 9.62. The Labute approximate surface area is 95.3 Å². The van der Waals surface area contributed by atoms with Crippen LogP contribution < -0.4 is 10.6 Å². The monoisotopic (exact) mass is 229 g/mol. The molecule has 6 nitrogen and oxygen atoms in total. The minimum atomic E-state index is -0.0543. The zero-order chi connectivity index (χ0) is 11.8. The Balaban J connectivity index is 2.03. The summed E-state index contributed by atoms with van der Waals surface area (Å²) in [6, 6.07) is 0. The largest absolute Gasteiger partial charge is 0.378 e. The Hall–Kier alpha value is -1.14. The number of nitrogens with one attached hydrogen (secondary N) is 2. The average molecular weight is 229 g/mol. The second-order valence-electron chi connectivity index (χ2n) is 3.65. The molecule has 1 fully saturated rings. The molecule has 0 bridgehead atoms. The molecule has 1 aliphatic rings. The molecule has 0 aromatic carbocycles. The molecule has 6 heteroatoms. The molecule has 0 spiro atoms. The standard InChI is InChI=1S/C10H19N3O3/c1-9(14)12-3-2-11-8-10(15)13-4-6-16-7-5-13/h11H,2-8H2,1H3,(H,12,14). The van der Waals surface area contributed by atoms with E-state index in [1.807, 2.05) is 0 Å². The summed E-state index contributed by atoms with van der Waals surface area (Å²) in [5, 5.41) is 5.64. The highest BCUT2D eigenvalue weighted by molar-refractivity contribution is 5.78. The van der Waals surface area contributed by atoms with Gasteiger partial charge in [-0.05, 0) is 0 Å². The number of carbonyl (C=O) groups is 2. The van der Waals surface area contributed by atoms with Gasteiger partial charge in [-0.2, -0.15) is 0 Å². The lowest BCUT2D eigenvalue weighted by Gasteiger charge is -2.26. The van der Waals surface area contributed by atoms with Crippen LogP contribution in [0.4, 0.5) is 0 Å². The first-order chi connectivity index (χ1) is 7.70. The van der Waals surface area contributed by atoms with Crippen molar-refractivity contribution in [3.63, 3.8) is 0 Å². The van der Waals surface area contributed by atoms with Gasteiger partial charge >= 0.3 is 0 Å². The van der Waals surface area contributed by atoms with Crippen molar-refractivity contribution in [2.75, 3.05) is 45.9 Å². The van der Waals surface area contributed by atoms with Gasteiger partial charge in [0.05, 0.1) is 19.8 Å². The minimum absolute atomic E-state index is 0.0543. The van der Waals surface area contributed by atoms with E-state index in [0.29, 0.717) is 45.9 Å². The fourth-order valence-electron chi connectivity index (χ4n) is 1.45. The van der Waals surface area contributed by atoms with Crippen LogP contribution in [0.5, 0.6) is 0 Å². The van der Waals surface area contributed by atoms with Crippen LogP contribution in [0.25, 0.3) is 0 Å². The Morgan fingerprint density at radius 3 is 2.56 bits per heavy atom. The van der Waals surface area contributed by atoms with E-state index < -0.39 is 0 Å². The second-order valence-corrected chi connectivity index (χ2v) is 3.65. The average Bonchev–Trinajstić information content (AvgIpc) is 2.29. The second kappa shape index (κ2) is 7.19. The molecule has 1 heterocycles. The fraction of sp³-hybridized carbons (Fsp3) is 0.800. The van der Waals surface area contributed by atoms with Crippen molar-refractivity contribution in [1.29, 1.82) is 0 Å². The van der Waals surface area contributed by atoms with Gasteiger partial charge in [-0.3, -0.25) is 9.59 Å². The van der Waals surface area contributed by atoms with Crippen molar-refractivity contribution in [2.24, 2.45) is 0 Å². The maximum Gasteiger partial charge on any atom is 0.236 e. The molecule has 0 atom stereocenters. The minimum Gasteiger partial charge on any atom is -0.378 e. The van der Waals surface area contributed by atoms with Crippen molar-refractivity contribution in [1.82, 2.24) is 15.5 Å². The fourth-order valence-corrected chi connectivity index (χ4v) is 1.45. The van der Waals surface area contributed by atoms with E-state index in [-0.39, 0.29) is 11.8 Å². The van der Waals surface area contributed by atoms with Gasteiger partial charge in [-0.1, -0.05) is 0 Å². The predicted octanol–water partition coefficient (Wildman–Crippen LogP) is -1.43. The number of rotatable bonds is 5. The van der Waals surface area contributed by atoms with Crippen LogP contribution in [0.2, 0.25) is 0 Å². The molecule has 0 aromatic heterocycles. The lowest BCUT2D eigenvalue weighted by Crippen LogP contribution is -2.45. The van der Waals surface area contributed by atoms with Gasteiger partial charge in [-0.15, -0.1) is 0 Å². The number of nitrogens with zero attached hydrogens (tertiary/aromatic N) is 1. The lowest BCUT2D eigenvalue weighted by molar-refractivity contribution is -0.134. The van der Waals surface area contributed by atoms with Crippen molar-refractivity contribution < 1.29 is 14.3 Å². The summed E-state index contributed by atoms with van der Waals surface area (Å²) in [4.78, 5) is 24.0. The molecule has 0 radical (unpaired) electrons. The third kappa shape index (κ3) is 5.09. The number of hydrogen-bond donors (Lipinski definition) is 2. The molecule has 1 rings (SSSR count). The third-order valence-electron chi connectivity index (χ3n) is 2.32. The normalized spacial score (nSPS) is 15.9. The van der Waals surface area contributed by atoms with Crippen molar-refractivity contribution in [2.45, 2.75) is 6.92 Å². The molecule has 0 saturated carbocycles. The smallest absolute Gasteiger partial charge is 0.236 e. The summed E-state index contributed by atoms with van der Waals surface area (Å²) in [7, 11) is 0. The summed E-state index contributed by atoms with van der Waals surface area (Å²) in [6.07, 6.45) is 0. The van der Waals surface area contributed by atoms with Gasteiger partial charge < -0.3 is 20.3 Å². The number of ether oxygens (including phenoxy) is 1. The number of morpholine rings is 1. The molecule has 92 valence electrons.